The fourth-order valence-corrected chi connectivity index (χ4v) is 4.89. The van der Waals surface area contributed by atoms with Gasteiger partial charge in [0.25, 0.3) is 10.0 Å². The van der Waals surface area contributed by atoms with E-state index in [0.717, 1.165) is 9.87 Å². The van der Waals surface area contributed by atoms with Crippen LogP contribution in [0.15, 0.2) is 71.6 Å². The van der Waals surface area contributed by atoms with Gasteiger partial charge in [0.05, 0.1) is 22.8 Å². The molecule has 3 aromatic carbocycles. The number of hydrogen-bond donors (Lipinski definition) is 1. The average Bonchev–Trinajstić information content (AvgIpc) is 2.80. The first-order valence-corrected chi connectivity index (χ1v) is 12.4. The van der Waals surface area contributed by atoms with E-state index >= 15 is 0 Å². The lowest BCUT2D eigenvalue weighted by atomic mass is 10.2. The molecule has 9 heteroatoms. The van der Waals surface area contributed by atoms with Crippen LogP contribution in [-0.2, 0) is 19.6 Å². The van der Waals surface area contributed by atoms with Gasteiger partial charge in [0.15, 0.2) is 0 Å². The standard InChI is InChI=1S/C25H25ClN2O5S/c1-4-33-25(30)19-10-12-20(13-11-19)27-24(29)16-28(23-7-5-6-22(26)18(23)3)34(31,32)21-14-8-17(2)9-15-21/h5-15H,4,16H2,1-3H3,(H,27,29). The molecule has 0 bridgehead atoms. The molecule has 1 amide bonds. The van der Waals surface area contributed by atoms with Crippen molar-refractivity contribution in [2.75, 3.05) is 22.8 Å². The van der Waals surface area contributed by atoms with E-state index in [4.69, 9.17) is 16.3 Å². The molecule has 0 saturated carbocycles. The highest BCUT2D eigenvalue weighted by molar-refractivity contribution is 7.92. The molecule has 0 radical (unpaired) electrons. The summed E-state index contributed by atoms with van der Waals surface area (Å²) in [5.74, 6) is -1.02. The van der Waals surface area contributed by atoms with Crippen molar-refractivity contribution in [3.63, 3.8) is 0 Å². The predicted molar refractivity (Wildman–Crippen MR) is 133 cm³/mol. The second-order valence-electron chi connectivity index (χ2n) is 7.55. The molecule has 0 aliphatic carbocycles. The number of amides is 1. The van der Waals surface area contributed by atoms with Gasteiger partial charge < -0.3 is 10.1 Å². The van der Waals surface area contributed by atoms with Crippen LogP contribution in [0.2, 0.25) is 5.02 Å². The van der Waals surface area contributed by atoms with Crippen LogP contribution < -0.4 is 9.62 Å². The Morgan fingerprint density at radius 1 is 0.971 bits per heavy atom. The zero-order valence-electron chi connectivity index (χ0n) is 19.0. The number of ether oxygens (including phenoxy) is 1. The number of nitrogens with one attached hydrogen (secondary N) is 1. The largest absolute Gasteiger partial charge is 0.462 e. The Bertz CT molecular complexity index is 1290. The molecule has 34 heavy (non-hydrogen) atoms. The molecular formula is C25H25ClN2O5S. The molecule has 0 unspecified atom stereocenters. The van der Waals surface area contributed by atoms with Gasteiger partial charge in [-0.3, -0.25) is 9.10 Å². The summed E-state index contributed by atoms with van der Waals surface area (Å²) < 4.78 is 33.0. The molecule has 0 saturated heterocycles. The number of hydrogen-bond acceptors (Lipinski definition) is 5. The Morgan fingerprint density at radius 2 is 1.62 bits per heavy atom. The number of anilines is 2. The quantitative estimate of drug-likeness (QED) is 0.441. The molecule has 0 fully saturated rings. The molecule has 0 aromatic heterocycles. The SMILES string of the molecule is CCOC(=O)c1ccc(NC(=O)CN(c2cccc(Cl)c2C)S(=O)(=O)c2ccc(C)cc2)cc1. The van der Waals surface area contributed by atoms with E-state index in [1.54, 1.807) is 56.3 Å². The van der Waals surface area contributed by atoms with Gasteiger partial charge in [0.2, 0.25) is 5.91 Å². The summed E-state index contributed by atoms with van der Waals surface area (Å²) in [6, 6.07) is 17.4. The smallest absolute Gasteiger partial charge is 0.338 e. The number of aryl methyl sites for hydroxylation is 1. The minimum atomic E-state index is -4.07. The number of halogens is 1. The van der Waals surface area contributed by atoms with Crippen LogP contribution in [0.25, 0.3) is 0 Å². The number of nitrogens with zero attached hydrogens (tertiary/aromatic N) is 1. The van der Waals surface area contributed by atoms with Gasteiger partial charge in [-0.15, -0.1) is 0 Å². The van der Waals surface area contributed by atoms with E-state index in [1.807, 2.05) is 6.92 Å². The maximum Gasteiger partial charge on any atom is 0.338 e. The molecule has 1 N–H and O–H groups in total. The van der Waals surface area contributed by atoms with E-state index in [-0.39, 0.29) is 11.5 Å². The zero-order chi connectivity index (χ0) is 24.9. The van der Waals surface area contributed by atoms with Gasteiger partial charge in [-0.25, -0.2) is 13.2 Å². The normalized spacial score (nSPS) is 11.1. The fourth-order valence-electron chi connectivity index (χ4n) is 3.24. The fraction of sp³-hybridized carbons (Fsp3) is 0.200. The van der Waals surface area contributed by atoms with Crippen LogP contribution >= 0.6 is 11.6 Å². The van der Waals surface area contributed by atoms with Crippen molar-refractivity contribution in [1.29, 1.82) is 0 Å². The second kappa shape index (κ2) is 10.7. The Labute approximate surface area is 204 Å². The summed E-state index contributed by atoms with van der Waals surface area (Å²) in [5, 5.41) is 3.06. The van der Waals surface area contributed by atoms with Crippen molar-refractivity contribution < 1.29 is 22.7 Å². The molecular weight excluding hydrogens is 476 g/mol. The number of rotatable bonds is 8. The molecule has 3 aromatic rings. The zero-order valence-corrected chi connectivity index (χ0v) is 20.6. The highest BCUT2D eigenvalue weighted by Gasteiger charge is 2.28. The van der Waals surface area contributed by atoms with Crippen molar-refractivity contribution in [1.82, 2.24) is 0 Å². The van der Waals surface area contributed by atoms with Crippen LogP contribution in [-0.4, -0.2) is 33.4 Å². The van der Waals surface area contributed by atoms with Crippen LogP contribution in [0.4, 0.5) is 11.4 Å². The molecule has 7 nitrogen and oxygen atoms in total. The number of carbonyl (C=O) groups is 2. The van der Waals surface area contributed by atoms with E-state index in [9.17, 15) is 18.0 Å². The Morgan fingerprint density at radius 3 is 2.24 bits per heavy atom. The van der Waals surface area contributed by atoms with Crippen LogP contribution in [0.5, 0.6) is 0 Å². The summed E-state index contributed by atoms with van der Waals surface area (Å²) in [6.07, 6.45) is 0. The molecule has 0 spiro atoms. The van der Waals surface area contributed by atoms with Gasteiger partial charge >= 0.3 is 5.97 Å². The minimum absolute atomic E-state index is 0.0593. The highest BCUT2D eigenvalue weighted by Crippen LogP contribution is 2.31. The van der Waals surface area contributed by atoms with Gasteiger partial charge in [-0.05, 0) is 74.9 Å². The van der Waals surface area contributed by atoms with Gasteiger partial charge in [0.1, 0.15) is 6.54 Å². The number of carbonyl (C=O) groups excluding carboxylic acids is 2. The second-order valence-corrected chi connectivity index (χ2v) is 9.82. The lowest BCUT2D eigenvalue weighted by molar-refractivity contribution is -0.114. The number of esters is 1. The Kier molecular flexibility index (Phi) is 7.96. The minimum Gasteiger partial charge on any atom is -0.462 e. The first kappa shape index (κ1) is 25.3. The molecule has 0 aliphatic rings. The van der Waals surface area contributed by atoms with Crippen LogP contribution in [0.1, 0.15) is 28.4 Å². The van der Waals surface area contributed by atoms with Crippen molar-refractivity contribution in [2.24, 2.45) is 0 Å². The third-order valence-electron chi connectivity index (χ3n) is 5.08. The third kappa shape index (κ3) is 5.76. The lowest BCUT2D eigenvalue weighted by Crippen LogP contribution is -2.38. The van der Waals surface area contributed by atoms with Gasteiger partial charge in [0, 0.05) is 10.7 Å². The average molecular weight is 501 g/mol. The van der Waals surface area contributed by atoms with Crippen LogP contribution in [0.3, 0.4) is 0 Å². The molecule has 0 atom stereocenters. The van der Waals surface area contributed by atoms with E-state index in [0.29, 0.717) is 27.5 Å². The van der Waals surface area contributed by atoms with Crippen molar-refractivity contribution in [2.45, 2.75) is 25.7 Å². The van der Waals surface area contributed by atoms with Gasteiger partial charge in [-0.1, -0.05) is 35.4 Å². The van der Waals surface area contributed by atoms with Crippen molar-refractivity contribution >= 4 is 44.9 Å². The maximum atomic E-state index is 13.5. The molecule has 3 rings (SSSR count). The summed E-state index contributed by atoms with van der Waals surface area (Å²) >= 11 is 6.24. The monoisotopic (exact) mass is 500 g/mol. The summed E-state index contributed by atoms with van der Waals surface area (Å²) in [4.78, 5) is 24.8. The van der Waals surface area contributed by atoms with Crippen LogP contribution in [0, 0.1) is 13.8 Å². The maximum absolute atomic E-state index is 13.5. The van der Waals surface area contributed by atoms with E-state index in [2.05, 4.69) is 5.32 Å². The molecule has 0 heterocycles. The molecule has 0 aliphatic heterocycles. The highest BCUT2D eigenvalue weighted by atomic mass is 35.5. The Balaban J connectivity index is 1.90. The number of benzene rings is 3. The Hall–Kier alpha value is -3.36. The van der Waals surface area contributed by atoms with Gasteiger partial charge in [-0.2, -0.15) is 0 Å². The lowest BCUT2D eigenvalue weighted by Gasteiger charge is -2.26. The number of sulfonamides is 1. The van der Waals surface area contributed by atoms with Crippen molar-refractivity contribution in [3.8, 4) is 0 Å². The van der Waals surface area contributed by atoms with Crippen molar-refractivity contribution in [3.05, 3.63) is 88.4 Å². The topological polar surface area (TPSA) is 92.8 Å². The summed E-state index contributed by atoms with van der Waals surface area (Å²) in [5.41, 5.74) is 2.51. The first-order chi connectivity index (χ1) is 16.1. The van der Waals surface area contributed by atoms with E-state index in [1.165, 1.54) is 24.3 Å². The summed E-state index contributed by atoms with van der Waals surface area (Å²) in [7, 11) is -4.07. The first-order valence-electron chi connectivity index (χ1n) is 10.5. The summed E-state index contributed by atoms with van der Waals surface area (Å²) in [6.45, 7) is 5.05. The van der Waals surface area contributed by atoms with E-state index < -0.39 is 28.4 Å². The molecule has 178 valence electrons. The third-order valence-corrected chi connectivity index (χ3v) is 7.27. The predicted octanol–water partition coefficient (Wildman–Crippen LogP) is 4.97.